The van der Waals surface area contributed by atoms with Gasteiger partial charge in [0.15, 0.2) is 0 Å². The standard InChI is InChI=1S/C13H14N4O/c1-2-17-9-10(8-16-17)7-15-12-5-3-4-11(6-12)13(14)18/h2-6,8-9,15H,1,7H2,(H2,14,18). The Labute approximate surface area is 105 Å². The van der Waals surface area contributed by atoms with E-state index in [0.29, 0.717) is 12.1 Å². The summed E-state index contributed by atoms with van der Waals surface area (Å²) in [7, 11) is 0. The molecule has 18 heavy (non-hydrogen) atoms. The van der Waals surface area contributed by atoms with Crippen LogP contribution in [0.25, 0.3) is 6.20 Å². The van der Waals surface area contributed by atoms with Crippen molar-refractivity contribution in [2.45, 2.75) is 6.54 Å². The molecule has 0 aliphatic carbocycles. The lowest BCUT2D eigenvalue weighted by Gasteiger charge is -2.05. The molecule has 0 bridgehead atoms. The first-order chi connectivity index (χ1) is 8.69. The van der Waals surface area contributed by atoms with Gasteiger partial charge < -0.3 is 11.1 Å². The van der Waals surface area contributed by atoms with E-state index in [2.05, 4.69) is 17.0 Å². The quantitative estimate of drug-likeness (QED) is 0.838. The summed E-state index contributed by atoms with van der Waals surface area (Å²) in [6.45, 7) is 4.24. The van der Waals surface area contributed by atoms with Crippen molar-refractivity contribution in [1.82, 2.24) is 9.78 Å². The van der Waals surface area contributed by atoms with Crippen LogP contribution in [0, 0.1) is 0 Å². The van der Waals surface area contributed by atoms with Crippen LogP contribution in [0.1, 0.15) is 15.9 Å². The van der Waals surface area contributed by atoms with E-state index in [1.807, 2.05) is 12.3 Å². The molecule has 1 amide bonds. The van der Waals surface area contributed by atoms with Crippen LogP contribution in [0.4, 0.5) is 5.69 Å². The van der Waals surface area contributed by atoms with Crippen LogP contribution in [0.5, 0.6) is 0 Å². The Morgan fingerprint density at radius 2 is 2.39 bits per heavy atom. The summed E-state index contributed by atoms with van der Waals surface area (Å²) < 4.78 is 1.64. The maximum absolute atomic E-state index is 11.0. The number of nitrogens with one attached hydrogen (secondary N) is 1. The zero-order chi connectivity index (χ0) is 13.0. The van der Waals surface area contributed by atoms with Crippen molar-refractivity contribution in [3.05, 3.63) is 54.4 Å². The van der Waals surface area contributed by atoms with Crippen molar-refractivity contribution in [2.75, 3.05) is 5.32 Å². The summed E-state index contributed by atoms with van der Waals surface area (Å²) >= 11 is 0. The lowest BCUT2D eigenvalue weighted by Crippen LogP contribution is -2.11. The Hall–Kier alpha value is -2.56. The minimum Gasteiger partial charge on any atom is -0.381 e. The molecular formula is C13H14N4O. The van der Waals surface area contributed by atoms with Crippen LogP contribution in [-0.2, 0) is 6.54 Å². The Bertz CT molecular complexity index is 574. The average Bonchev–Trinajstić information content (AvgIpc) is 2.84. The third kappa shape index (κ3) is 2.76. The Kier molecular flexibility index (Phi) is 3.43. The molecule has 0 saturated heterocycles. The number of benzene rings is 1. The first-order valence-electron chi connectivity index (χ1n) is 5.48. The molecule has 0 aliphatic heterocycles. The second-order valence-corrected chi connectivity index (χ2v) is 3.81. The van der Waals surface area contributed by atoms with E-state index in [4.69, 9.17) is 5.73 Å². The number of rotatable bonds is 5. The number of hydrogen-bond donors (Lipinski definition) is 2. The van der Waals surface area contributed by atoms with Crippen LogP contribution in [-0.4, -0.2) is 15.7 Å². The van der Waals surface area contributed by atoms with Gasteiger partial charge in [-0.05, 0) is 18.2 Å². The zero-order valence-electron chi connectivity index (χ0n) is 9.84. The van der Waals surface area contributed by atoms with E-state index in [1.54, 1.807) is 35.3 Å². The van der Waals surface area contributed by atoms with Gasteiger partial charge in [0.05, 0.1) is 6.20 Å². The molecule has 1 aromatic carbocycles. The monoisotopic (exact) mass is 242 g/mol. The van der Waals surface area contributed by atoms with Gasteiger partial charge in [0.1, 0.15) is 0 Å². The fourth-order valence-electron chi connectivity index (χ4n) is 1.56. The third-order valence-electron chi connectivity index (χ3n) is 2.49. The topological polar surface area (TPSA) is 72.9 Å². The van der Waals surface area contributed by atoms with Crippen molar-refractivity contribution in [2.24, 2.45) is 5.73 Å². The van der Waals surface area contributed by atoms with Crippen LogP contribution < -0.4 is 11.1 Å². The number of nitrogens with two attached hydrogens (primary N) is 1. The predicted octanol–water partition coefficient (Wildman–Crippen LogP) is 1.69. The van der Waals surface area contributed by atoms with Gasteiger partial charge in [-0.1, -0.05) is 12.6 Å². The van der Waals surface area contributed by atoms with Gasteiger partial charge in [-0.3, -0.25) is 4.79 Å². The molecule has 0 unspecified atom stereocenters. The summed E-state index contributed by atoms with van der Waals surface area (Å²) in [6.07, 6.45) is 5.25. The van der Waals surface area contributed by atoms with Crippen LogP contribution in [0.3, 0.4) is 0 Å². The highest BCUT2D eigenvalue weighted by atomic mass is 16.1. The van der Waals surface area contributed by atoms with Crippen molar-refractivity contribution in [3.8, 4) is 0 Å². The number of amides is 1. The van der Waals surface area contributed by atoms with Gasteiger partial charge in [0.2, 0.25) is 5.91 Å². The van der Waals surface area contributed by atoms with Gasteiger partial charge in [0, 0.05) is 35.8 Å². The highest BCUT2D eigenvalue weighted by molar-refractivity contribution is 5.93. The molecule has 5 heteroatoms. The maximum atomic E-state index is 11.0. The number of carbonyl (C=O) groups excluding carboxylic acids is 1. The van der Waals surface area contributed by atoms with E-state index in [9.17, 15) is 4.79 Å². The molecule has 0 atom stereocenters. The van der Waals surface area contributed by atoms with E-state index in [1.165, 1.54) is 0 Å². The summed E-state index contributed by atoms with van der Waals surface area (Å²) in [4.78, 5) is 11.0. The molecule has 0 aliphatic rings. The molecule has 0 saturated carbocycles. The maximum Gasteiger partial charge on any atom is 0.248 e. The number of anilines is 1. The molecule has 2 rings (SSSR count). The van der Waals surface area contributed by atoms with E-state index < -0.39 is 5.91 Å². The Balaban J connectivity index is 2.03. The fraction of sp³-hybridized carbons (Fsp3) is 0.0769. The average molecular weight is 242 g/mol. The van der Waals surface area contributed by atoms with Gasteiger partial charge in [0.25, 0.3) is 0 Å². The van der Waals surface area contributed by atoms with E-state index in [-0.39, 0.29) is 0 Å². The smallest absolute Gasteiger partial charge is 0.248 e. The molecule has 92 valence electrons. The molecule has 5 nitrogen and oxygen atoms in total. The van der Waals surface area contributed by atoms with Crippen LogP contribution in [0.2, 0.25) is 0 Å². The van der Waals surface area contributed by atoms with Gasteiger partial charge in [-0.15, -0.1) is 0 Å². The van der Waals surface area contributed by atoms with Crippen LogP contribution >= 0.6 is 0 Å². The first kappa shape index (κ1) is 11.9. The number of hydrogen-bond acceptors (Lipinski definition) is 3. The summed E-state index contributed by atoms with van der Waals surface area (Å²) in [5.74, 6) is -0.432. The number of carbonyl (C=O) groups is 1. The second kappa shape index (κ2) is 5.18. The number of aromatic nitrogens is 2. The predicted molar refractivity (Wildman–Crippen MR) is 70.9 cm³/mol. The van der Waals surface area contributed by atoms with E-state index >= 15 is 0 Å². The summed E-state index contributed by atoms with van der Waals surface area (Å²) in [5, 5.41) is 7.28. The second-order valence-electron chi connectivity index (χ2n) is 3.81. The Morgan fingerprint density at radius 1 is 1.56 bits per heavy atom. The van der Waals surface area contributed by atoms with E-state index in [0.717, 1.165) is 11.3 Å². The van der Waals surface area contributed by atoms with Gasteiger partial charge >= 0.3 is 0 Å². The molecular weight excluding hydrogens is 228 g/mol. The summed E-state index contributed by atoms with van der Waals surface area (Å²) in [5.41, 5.74) is 7.58. The lowest BCUT2D eigenvalue weighted by molar-refractivity contribution is 0.100. The molecule has 0 radical (unpaired) electrons. The molecule has 1 heterocycles. The molecule has 0 fully saturated rings. The van der Waals surface area contributed by atoms with Gasteiger partial charge in [-0.2, -0.15) is 5.10 Å². The fourth-order valence-corrected chi connectivity index (χ4v) is 1.56. The largest absolute Gasteiger partial charge is 0.381 e. The third-order valence-corrected chi connectivity index (χ3v) is 2.49. The van der Waals surface area contributed by atoms with Crippen LogP contribution in [0.15, 0.2) is 43.2 Å². The summed E-state index contributed by atoms with van der Waals surface area (Å²) in [6, 6.07) is 7.07. The molecule has 0 spiro atoms. The van der Waals surface area contributed by atoms with Gasteiger partial charge in [-0.25, -0.2) is 4.68 Å². The zero-order valence-corrected chi connectivity index (χ0v) is 9.84. The molecule has 2 aromatic rings. The highest BCUT2D eigenvalue weighted by Crippen LogP contribution is 2.11. The lowest BCUT2D eigenvalue weighted by atomic mass is 10.2. The Morgan fingerprint density at radius 3 is 3.06 bits per heavy atom. The first-order valence-corrected chi connectivity index (χ1v) is 5.48. The molecule has 3 N–H and O–H groups in total. The SMILES string of the molecule is C=Cn1cc(CNc2cccc(C(N)=O)c2)cn1. The van der Waals surface area contributed by atoms with Crippen molar-refractivity contribution >= 4 is 17.8 Å². The van der Waals surface area contributed by atoms with Crippen molar-refractivity contribution in [3.63, 3.8) is 0 Å². The van der Waals surface area contributed by atoms with Crippen molar-refractivity contribution < 1.29 is 4.79 Å². The highest BCUT2D eigenvalue weighted by Gasteiger charge is 2.01. The minimum absolute atomic E-state index is 0.432. The normalized spacial score (nSPS) is 10.0. The minimum atomic E-state index is -0.432. The number of primary amides is 1. The number of nitrogens with zero attached hydrogens (tertiary/aromatic N) is 2. The molecule has 1 aromatic heterocycles. The van der Waals surface area contributed by atoms with Crippen molar-refractivity contribution in [1.29, 1.82) is 0 Å².